The summed E-state index contributed by atoms with van der Waals surface area (Å²) in [4.78, 5) is 9.88. The zero-order valence-corrected chi connectivity index (χ0v) is 43.8. The van der Waals surface area contributed by atoms with Crippen LogP contribution in [0.4, 0.5) is 0 Å². The standard InChI is InChI=1S/C43H33N2O2.C25H25N2.Ir/c1-25(2)34-22-28(27-20-21-31-29-12-5-9-18-38(29)46-40(31)24-27)23-35(26(3)4)41(34)45-37-17-8-7-16-36(37)44-43(45)33-15-11-14-32-30-13-6-10-19-39(30)47-42(32)33;1-17(2)20-13-10-14-21(18(3)4)24(20)27-23-16-9-8-15-22(23)26-25(27)19-11-6-5-7-12-19;/h5-14,16-26H,1-4H3;5-11,13-18H,1-4H3;/q2*-1;/i;1D3,2D3,3D3,4D3,17D,18D;. The van der Waals surface area contributed by atoms with E-state index in [-0.39, 0.29) is 43.3 Å². The molecule has 0 aliphatic carbocycles. The molecule has 4 heterocycles. The molecule has 0 amide bonds. The first-order chi connectivity index (χ1) is 41.6. The van der Waals surface area contributed by atoms with Crippen molar-refractivity contribution in [2.24, 2.45) is 0 Å². The second kappa shape index (κ2) is 20.1. The minimum Gasteiger partial charge on any atom is -0.501 e. The molecule has 4 aromatic heterocycles. The smallest absolute Gasteiger partial charge is 0.136 e. The largest absolute Gasteiger partial charge is 0.501 e. The molecule has 0 N–H and O–H groups in total. The maximum atomic E-state index is 9.00. The van der Waals surface area contributed by atoms with Crippen LogP contribution < -0.4 is 0 Å². The summed E-state index contributed by atoms with van der Waals surface area (Å²) in [6.45, 7) is -4.92. The summed E-state index contributed by atoms with van der Waals surface area (Å²) in [7, 11) is 0. The maximum absolute atomic E-state index is 9.00. The van der Waals surface area contributed by atoms with Crippen LogP contribution in [0.15, 0.2) is 191 Å². The van der Waals surface area contributed by atoms with Crippen LogP contribution in [0.1, 0.15) is 120 Å². The Labute approximate surface area is 471 Å². The molecule has 0 aliphatic rings. The summed E-state index contributed by atoms with van der Waals surface area (Å²) >= 11 is 0. The first-order valence-corrected chi connectivity index (χ1v) is 24.6. The van der Waals surface area contributed by atoms with Crippen LogP contribution in [0.3, 0.4) is 0 Å². The van der Waals surface area contributed by atoms with Gasteiger partial charge in [-0.2, -0.15) is 0 Å². The molecule has 0 aliphatic heterocycles. The van der Waals surface area contributed by atoms with Crippen LogP contribution >= 0.6 is 0 Å². The number of benzene rings is 9. The van der Waals surface area contributed by atoms with Crippen molar-refractivity contribution >= 4 is 65.9 Å². The van der Waals surface area contributed by atoms with Gasteiger partial charge < -0.3 is 18.0 Å². The van der Waals surface area contributed by atoms with Gasteiger partial charge >= 0.3 is 0 Å². The van der Waals surface area contributed by atoms with E-state index in [0.29, 0.717) is 11.1 Å². The zero-order chi connectivity index (χ0) is 62.6. The third-order valence-electron chi connectivity index (χ3n) is 13.8. The van der Waals surface area contributed by atoms with Gasteiger partial charge in [0.15, 0.2) is 0 Å². The average molecular weight is 1170 g/mol. The van der Waals surface area contributed by atoms with Gasteiger partial charge in [0.2, 0.25) is 0 Å². The van der Waals surface area contributed by atoms with E-state index in [2.05, 4.69) is 134 Å². The van der Waals surface area contributed by atoms with E-state index >= 15 is 0 Å². The predicted molar refractivity (Wildman–Crippen MR) is 307 cm³/mol. The number of hydrogen-bond donors (Lipinski definition) is 0. The second-order valence-corrected chi connectivity index (χ2v) is 19.1. The van der Waals surface area contributed by atoms with Gasteiger partial charge in [-0.1, -0.05) is 151 Å². The van der Waals surface area contributed by atoms with Crippen molar-refractivity contribution in [2.45, 2.75) is 78.7 Å². The first kappa shape index (κ1) is 35.4. The van der Waals surface area contributed by atoms with E-state index < -0.39 is 56.0 Å². The molecule has 13 rings (SSSR count). The van der Waals surface area contributed by atoms with E-state index in [1.807, 2.05) is 30.3 Å². The molecule has 0 saturated heterocycles. The molecule has 13 aromatic rings. The SMILES string of the molecule is CC(C)c1cc(-c2ccc3c(c2)oc2ccccc23)cc(C(C)C)c1-n1c(-c2[c-]ccc3c2oc2ccccc23)nc2ccccc21.[2H]C([2H])([2H])C([2H])(c1cccc(C([2H])(C([2H])([2H])[2H])C([2H])([2H])[2H])c1-n1c(-c2[c-]cccc2)nc2ccccc21)C([2H])([2H])[2H].[Ir]. The number of hydrogen-bond acceptors (Lipinski definition) is 4. The number of rotatable bonds is 9. The molecule has 0 saturated carbocycles. The first-order valence-electron chi connectivity index (χ1n) is 31.6. The fourth-order valence-electron chi connectivity index (χ4n) is 10.3. The van der Waals surface area contributed by atoms with Crippen molar-refractivity contribution < 1.29 is 48.1 Å². The number of aromatic nitrogens is 4. The molecule has 7 heteroatoms. The van der Waals surface area contributed by atoms with Crippen LogP contribution in [0.2, 0.25) is 0 Å². The van der Waals surface area contributed by atoms with Gasteiger partial charge in [0.1, 0.15) is 16.7 Å². The minimum atomic E-state index is -3.51. The maximum Gasteiger partial charge on any atom is 0.136 e. The summed E-state index contributed by atoms with van der Waals surface area (Å²) in [6.07, 6.45) is 0. The Balaban J connectivity index is 0.000000184. The molecule has 0 atom stereocenters. The van der Waals surface area contributed by atoms with E-state index in [1.54, 1.807) is 48.5 Å². The Bertz CT molecular complexity index is 4710. The van der Waals surface area contributed by atoms with Crippen LogP contribution in [0.25, 0.3) is 111 Å². The molecule has 6 nitrogen and oxygen atoms in total. The van der Waals surface area contributed by atoms with Gasteiger partial charge in [-0.3, -0.25) is 9.97 Å². The van der Waals surface area contributed by atoms with Crippen LogP contribution in [0, 0.1) is 12.1 Å². The van der Waals surface area contributed by atoms with Gasteiger partial charge in [0, 0.05) is 66.8 Å². The van der Waals surface area contributed by atoms with Gasteiger partial charge in [-0.25, -0.2) is 0 Å². The molecule has 373 valence electrons. The topological polar surface area (TPSA) is 61.9 Å². The molecule has 0 unspecified atom stereocenters. The van der Waals surface area contributed by atoms with Gasteiger partial charge in [0.05, 0.1) is 39.3 Å². The van der Waals surface area contributed by atoms with Crippen LogP contribution in [-0.2, 0) is 20.1 Å². The predicted octanol–water partition coefficient (Wildman–Crippen LogP) is 18.9. The molecule has 0 spiro atoms. The number of fused-ring (bicyclic) bond motifs is 8. The van der Waals surface area contributed by atoms with E-state index in [1.165, 1.54) is 26.9 Å². The number of furan rings is 2. The van der Waals surface area contributed by atoms with Crippen molar-refractivity contribution in [1.82, 2.24) is 19.1 Å². The van der Waals surface area contributed by atoms with Crippen molar-refractivity contribution in [3.63, 3.8) is 0 Å². The van der Waals surface area contributed by atoms with Crippen molar-refractivity contribution in [3.8, 4) is 45.3 Å². The Kier molecular flexibility index (Phi) is 9.49. The summed E-state index contributed by atoms with van der Waals surface area (Å²) in [6, 6.07) is 62.8. The number of para-hydroxylation sites is 7. The Morgan fingerprint density at radius 1 is 0.467 bits per heavy atom. The van der Waals surface area contributed by atoms with E-state index in [0.717, 1.165) is 90.1 Å². The summed E-state index contributed by atoms with van der Waals surface area (Å²) in [5.41, 5.74) is 11.3. The monoisotopic (exact) mass is 1170 g/mol. The van der Waals surface area contributed by atoms with Crippen LogP contribution in [-0.4, -0.2) is 19.1 Å². The summed E-state index contributed by atoms with van der Waals surface area (Å²) < 4.78 is 132. The Hall–Kier alpha value is -7.83. The quantitative estimate of drug-likeness (QED) is 0.135. The summed E-state index contributed by atoms with van der Waals surface area (Å²) in [5.74, 6) is -5.39. The third kappa shape index (κ3) is 8.68. The van der Waals surface area contributed by atoms with Crippen molar-refractivity contribution in [2.75, 3.05) is 0 Å². The normalized spacial score (nSPS) is 15.5. The molecule has 0 bridgehead atoms. The number of nitrogens with zero attached hydrogens (tertiary/aromatic N) is 4. The molecular weight excluding hydrogens is 1100 g/mol. The summed E-state index contributed by atoms with van der Waals surface area (Å²) in [5, 5.41) is 4.44. The molecular formula is C68H58IrN4O2-2. The second-order valence-electron chi connectivity index (χ2n) is 19.1. The fraction of sp³-hybridized carbons (Fsp3) is 0.176. The van der Waals surface area contributed by atoms with E-state index in [9.17, 15) is 0 Å². The van der Waals surface area contributed by atoms with Crippen molar-refractivity contribution in [1.29, 1.82) is 0 Å². The average Bonchev–Trinajstić information content (AvgIpc) is 1.68. The van der Waals surface area contributed by atoms with Gasteiger partial charge in [-0.05, 0) is 118 Å². The molecule has 1 radical (unpaired) electrons. The molecule has 0 fully saturated rings. The van der Waals surface area contributed by atoms with Gasteiger partial charge in [-0.15, -0.1) is 54.1 Å². The Morgan fingerprint density at radius 3 is 1.64 bits per heavy atom. The molecule has 75 heavy (non-hydrogen) atoms. The zero-order valence-electron chi connectivity index (χ0n) is 55.4. The fourth-order valence-corrected chi connectivity index (χ4v) is 10.3. The third-order valence-corrected chi connectivity index (χ3v) is 13.8. The van der Waals surface area contributed by atoms with E-state index in [4.69, 9.17) is 33.0 Å². The van der Waals surface area contributed by atoms with Crippen LogP contribution in [0.5, 0.6) is 0 Å². The Morgan fingerprint density at radius 2 is 1.01 bits per heavy atom. The number of imidazole rings is 2. The minimum absolute atomic E-state index is 0. The van der Waals surface area contributed by atoms with Crippen molar-refractivity contribution in [3.05, 3.63) is 216 Å². The molecule has 9 aromatic carbocycles. The van der Waals surface area contributed by atoms with Gasteiger partial charge in [0.25, 0.3) is 0 Å².